The zero-order chi connectivity index (χ0) is 20.8. The number of rotatable bonds is 9. The maximum atomic E-state index is 11.7. The number of carbonyl (C=O) groups is 1. The fourth-order valence-corrected chi connectivity index (χ4v) is 6.62. The van der Waals surface area contributed by atoms with E-state index in [0.29, 0.717) is 0 Å². The van der Waals surface area contributed by atoms with Crippen molar-refractivity contribution in [3.63, 3.8) is 0 Å². The predicted octanol–water partition coefficient (Wildman–Crippen LogP) is 4.89. The van der Waals surface area contributed by atoms with E-state index in [-0.39, 0.29) is 5.78 Å². The number of hydrogen-bond acceptors (Lipinski definition) is 5. The van der Waals surface area contributed by atoms with Gasteiger partial charge in [-0.05, 0) is 88.0 Å². The monoisotopic (exact) mass is 431 g/mol. The van der Waals surface area contributed by atoms with E-state index in [1.807, 2.05) is 0 Å². The molecule has 4 rings (SSSR count). The minimum Gasteiger partial charge on any atom is -0.302 e. The Bertz CT molecular complexity index is 663. The SMILES string of the molecule is CC(=O)c1cc(CN(CCN2CCCCC2)C[C@@H]2CCCN(C3CCCC3)C2)cs1. The molecule has 4 nitrogen and oxygen atoms in total. The van der Waals surface area contributed by atoms with Gasteiger partial charge in [0.05, 0.1) is 4.88 Å². The first-order valence-corrected chi connectivity index (χ1v) is 13.3. The Morgan fingerprint density at radius 2 is 1.87 bits per heavy atom. The van der Waals surface area contributed by atoms with E-state index in [1.54, 1.807) is 18.3 Å². The van der Waals surface area contributed by atoms with Crippen molar-refractivity contribution in [2.75, 3.05) is 45.8 Å². The summed E-state index contributed by atoms with van der Waals surface area (Å²) in [5.74, 6) is 0.997. The number of hydrogen-bond donors (Lipinski definition) is 0. The van der Waals surface area contributed by atoms with E-state index < -0.39 is 0 Å². The summed E-state index contributed by atoms with van der Waals surface area (Å²) in [4.78, 5) is 20.8. The second-order valence-electron chi connectivity index (χ2n) is 9.95. The number of Topliss-reactive ketones (excluding diaryl/α,β-unsaturated/α-hetero) is 1. The first-order chi connectivity index (χ1) is 14.7. The van der Waals surface area contributed by atoms with Crippen LogP contribution >= 0.6 is 11.3 Å². The molecule has 0 radical (unpaired) electrons. The summed E-state index contributed by atoms with van der Waals surface area (Å²) < 4.78 is 0. The Labute approximate surface area is 187 Å². The summed E-state index contributed by atoms with van der Waals surface area (Å²) >= 11 is 1.61. The Morgan fingerprint density at radius 3 is 2.60 bits per heavy atom. The van der Waals surface area contributed by atoms with Crippen LogP contribution in [0.1, 0.15) is 79.9 Å². The molecule has 30 heavy (non-hydrogen) atoms. The lowest BCUT2D eigenvalue weighted by atomic mass is 9.95. The van der Waals surface area contributed by atoms with Crippen LogP contribution in [0.25, 0.3) is 0 Å². The number of nitrogens with zero attached hydrogens (tertiary/aromatic N) is 3. The first-order valence-electron chi connectivity index (χ1n) is 12.4. The molecule has 0 N–H and O–H groups in total. The summed E-state index contributed by atoms with van der Waals surface area (Å²) in [6.07, 6.45) is 12.6. The van der Waals surface area contributed by atoms with Gasteiger partial charge < -0.3 is 9.80 Å². The predicted molar refractivity (Wildman–Crippen MR) is 126 cm³/mol. The summed E-state index contributed by atoms with van der Waals surface area (Å²) in [7, 11) is 0. The third-order valence-corrected chi connectivity index (χ3v) is 8.58. The molecule has 0 bridgehead atoms. The number of likely N-dealkylation sites (tertiary alicyclic amines) is 2. The van der Waals surface area contributed by atoms with Crippen molar-refractivity contribution in [3.05, 3.63) is 21.9 Å². The van der Waals surface area contributed by atoms with Crippen molar-refractivity contribution in [1.29, 1.82) is 0 Å². The van der Waals surface area contributed by atoms with Crippen molar-refractivity contribution in [1.82, 2.24) is 14.7 Å². The molecule has 1 atom stereocenters. The molecule has 3 heterocycles. The Morgan fingerprint density at radius 1 is 1.07 bits per heavy atom. The van der Waals surface area contributed by atoms with Crippen LogP contribution in [0, 0.1) is 5.92 Å². The van der Waals surface area contributed by atoms with Gasteiger partial charge in [0.2, 0.25) is 0 Å². The molecule has 0 aromatic carbocycles. The van der Waals surface area contributed by atoms with Gasteiger partial charge in [0.15, 0.2) is 5.78 Å². The highest BCUT2D eigenvalue weighted by Crippen LogP contribution is 2.28. The second kappa shape index (κ2) is 11.2. The number of ketones is 1. The smallest absolute Gasteiger partial charge is 0.169 e. The average Bonchev–Trinajstić information content (AvgIpc) is 3.45. The van der Waals surface area contributed by atoms with Crippen LogP contribution < -0.4 is 0 Å². The molecule has 0 unspecified atom stereocenters. The maximum Gasteiger partial charge on any atom is 0.169 e. The summed E-state index contributed by atoms with van der Waals surface area (Å²) in [5.41, 5.74) is 1.33. The van der Waals surface area contributed by atoms with E-state index in [0.717, 1.165) is 29.9 Å². The largest absolute Gasteiger partial charge is 0.302 e. The van der Waals surface area contributed by atoms with Crippen LogP contribution in [-0.4, -0.2) is 72.3 Å². The van der Waals surface area contributed by atoms with Gasteiger partial charge in [0, 0.05) is 38.8 Å². The van der Waals surface area contributed by atoms with Crippen LogP contribution in [0.3, 0.4) is 0 Å². The van der Waals surface area contributed by atoms with E-state index in [9.17, 15) is 4.79 Å². The highest BCUT2D eigenvalue weighted by molar-refractivity contribution is 7.12. The van der Waals surface area contributed by atoms with Crippen molar-refractivity contribution in [2.24, 2.45) is 5.92 Å². The summed E-state index contributed by atoms with van der Waals surface area (Å²) in [6.45, 7) is 11.4. The molecule has 5 heteroatoms. The maximum absolute atomic E-state index is 11.7. The molecule has 0 spiro atoms. The number of carbonyl (C=O) groups excluding carboxylic acids is 1. The number of thiophene rings is 1. The zero-order valence-corrected chi connectivity index (χ0v) is 19.8. The Hall–Kier alpha value is -0.750. The van der Waals surface area contributed by atoms with Crippen molar-refractivity contribution >= 4 is 17.1 Å². The van der Waals surface area contributed by atoms with E-state index in [1.165, 1.54) is 103 Å². The van der Waals surface area contributed by atoms with Gasteiger partial charge in [-0.15, -0.1) is 11.3 Å². The molecule has 3 aliphatic rings. The lowest BCUT2D eigenvalue weighted by Gasteiger charge is -2.39. The van der Waals surface area contributed by atoms with Gasteiger partial charge in [-0.1, -0.05) is 19.3 Å². The fourth-order valence-electron chi connectivity index (χ4n) is 5.81. The molecule has 1 aromatic heterocycles. The second-order valence-corrected chi connectivity index (χ2v) is 10.9. The Kier molecular flexibility index (Phi) is 8.39. The molecule has 1 saturated carbocycles. The topological polar surface area (TPSA) is 26.8 Å². The highest BCUT2D eigenvalue weighted by atomic mass is 32.1. The van der Waals surface area contributed by atoms with Crippen molar-refractivity contribution in [2.45, 2.75) is 77.3 Å². The molecule has 2 aliphatic heterocycles. The van der Waals surface area contributed by atoms with Gasteiger partial charge in [-0.3, -0.25) is 9.69 Å². The minimum absolute atomic E-state index is 0.200. The molecule has 2 saturated heterocycles. The standard InChI is InChI=1S/C25H41N3OS/c1-21(29)25-16-23(20-30-25)18-27(15-14-26-11-5-2-6-12-26)17-22-8-7-13-28(19-22)24-9-3-4-10-24/h16,20,22,24H,2-15,17-19H2,1H3/t22-/m0/s1. The third kappa shape index (κ3) is 6.38. The van der Waals surface area contributed by atoms with Crippen LogP contribution in [0.5, 0.6) is 0 Å². The van der Waals surface area contributed by atoms with E-state index >= 15 is 0 Å². The average molecular weight is 432 g/mol. The van der Waals surface area contributed by atoms with Gasteiger partial charge in [-0.25, -0.2) is 0 Å². The third-order valence-electron chi connectivity index (χ3n) is 7.50. The van der Waals surface area contributed by atoms with Gasteiger partial charge >= 0.3 is 0 Å². The van der Waals surface area contributed by atoms with Gasteiger partial charge in [0.1, 0.15) is 0 Å². The highest BCUT2D eigenvalue weighted by Gasteiger charge is 2.29. The van der Waals surface area contributed by atoms with Crippen LogP contribution in [0.2, 0.25) is 0 Å². The van der Waals surface area contributed by atoms with Gasteiger partial charge in [-0.2, -0.15) is 0 Å². The summed E-state index contributed by atoms with van der Waals surface area (Å²) in [5, 5.41) is 2.20. The minimum atomic E-state index is 0.200. The van der Waals surface area contributed by atoms with Crippen LogP contribution in [-0.2, 0) is 6.54 Å². The molecule has 3 fully saturated rings. The molecule has 168 valence electrons. The normalized spacial score (nSPS) is 24.7. The zero-order valence-electron chi connectivity index (χ0n) is 19.0. The molecular weight excluding hydrogens is 390 g/mol. The van der Waals surface area contributed by atoms with E-state index in [4.69, 9.17) is 0 Å². The quantitative estimate of drug-likeness (QED) is 0.520. The van der Waals surface area contributed by atoms with Gasteiger partial charge in [0.25, 0.3) is 0 Å². The number of piperidine rings is 2. The molecular formula is C25H41N3OS. The molecule has 1 aliphatic carbocycles. The fraction of sp³-hybridized carbons (Fsp3) is 0.800. The first kappa shape index (κ1) is 22.4. The Balaban J connectivity index is 1.35. The van der Waals surface area contributed by atoms with Crippen molar-refractivity contribution < 1.29 is 4.79 Å². The lowest BCUT2D eigenvalue weighted by molar-refractivity contribution is 0.0912. The molecule has 0 amide bonds. The lowest BCUT2D eigenvalue weighted by Crippen LogP contribution is -2.46. The summed E-state index contributed by atoms with van der Waals surface area (Å²) in [6, 6.07) is 3.00. The molecule has 1 aromatic rings. The van der Waals surface area contributed by atoms with E-state index in [2.05, 4.69) is 26.1 Å². The van der Waals surface area contributed by atoms with Crippen molar-refractivity contribution in [3.8, 4) is 0 Å². The van der Waals surface area contributed by atoms with Crippen LogP contribution in [0.15, 0.2) is 11.4 Å². The van der Waals surface area contributed by atoms with Crippen LogP contribution in [0.4, 0.5) is 0 Å².